The number of nitrogens with one attached hydrogen (secondary N) is 1. The molecule has 0 bridgehead atoms. The molecule has 0 spiro atoms. The third kappa shape index (κ3) is 5.42. The van der Waals surface area contributed by atoms with Crippen LogP contribution in [0, 0.1) is 0 Å². The minimum absolute atomic E-state index is 0.289. The average molecular weight is 449 g/mol. The van der Waals surface area contributed by atoms with Crippen molar-refractivity contribution in [3.63, 3.8) is 0 Å². The van der Waals surface area contributed by atoms with Gasteiger partial charge in [0.25, 0.3) is 0 Å². The fourth-order valence-electron chi connectivity index (χ4n) is 3.48. The highest BCUT2D eigenvalue weighted by Crippen LogP contribution is 2.30. The molecule has 1 aromatic carbocycles. The van der Waals surface area contributed by atoms with E-state index in [4.69, 9.17) is 23.4 Å². The first kappa shape index (κ1) is 23.2. The van der Waals surface area contributed by atoms with E-state index in [-0.39, 0.29) is 5.58 Å². The van der Waals surface area contributed by atoms with Crippen molar-refractivity contribution in [2.24, 2.45) is 0 Å². The van der Waals surface area contributed by atoms with Gasteiger partial charge in [0.05, 0.1) is 6.61 Å². The molecule has 3 rings (SSSR count). The summed E-state index contributed by atoms with van der Waals surface area (Å²) in [7, 11) is 0. The Bertz CT molecular complexity index is 1060. The molecule has 1 aromatic heterocycles. The molecule has 32 heavy (non-hydrogen) atoms. The topological polar surface area (TPSA) is 151 Å². The number of hydrogen-bond acceptors (Lipinski definition) is 11. The fraction of sp³-hybridized carbons (Fsp3) is 0.429. The molecule has 1 fully saturated rings. The lowest BCUT2D eigenvalue weighted by molar-refractivity contribution is -0.263. The van der Waals surface area contributed by atoms with Crippen LogP contribution in [0.5, 0.6) is 0 Å². The Morgan fingerprint density at radius 3 is 2.22 bits per heavy atom. The van der Waals surface area contributed by atoms with Gasteiger partial charge in [0, 0.05) is 44.0 Å². The maximum absolute atomic E-state index is 11.8. The summed E-state index contributed by atoms with van der Waals surface area (Å²) in [5.74, 6) is -2.06. The lowest BCUT2D eigenvalue weighted by Crippen LogP contribution is -2.64. The van der Waals surface area contributed by atoms with Gasteiger partial charge in [-0.05, 0) is 18.2 Å². The summed E-state index contributed by atoms with van der Waals surface area (Å²) in [5, 5.41) is 13.4. The third-order valence-corrected chi connectivity index (χ3v) is 4.67. The van der Waals surface area contributed by atoms with Gasteiger partial charge in [-0.15, -0.1) is 0 Å². The van der Waals surface area contributed by atoms with Gasteiger partial charge in [0.15, 0.2) is 12.2 Å². The summed E-state index contributed by atoms with van der Waals surface area (Å²) in [6.07, 6.45) is -4.81. The number of aliphatic hydroxyl groups excluding tert-OH is 1. The molecule has 0 aliphatic carbocycles. The van der Waals surface area contributed by atoms with Crippen LogP contribution in [0.1, 0.15) is 20.8 Å². The van der Waals surface area contributed by atoms with E-state index in [1.165, 1.54) is 12.1 Å². The second-order valence-corrected chi connectivity index (χ2v) is 7.16. The van der Waals surface area contributed by atoms with Gasteiger partial charge in [0.1, 0.15) is 17.7 Å². The Morgan fingerprint density at radius 1 is 0.969 bits per heavy atom. The minimum atomic E-state index is -1.31. The maximum atomic E-state index is 11.8. The smallest absolute Gasteiger partial charge is 0.336 e. The number of anilines is 1. The van der Waals surface area contributed by atoms with Crippen molar-refractivity contribution in [1.82, 2.24) is 0 Å². The zero-order valence-electron chi connectivity index (χ0n) is 17.6. The van der Waals surface area contributed by atoms with Gasteiger partial charge in [-0.1, -0.05) is 0 Å². The van der Waals surface area contributed by atoms with Crippen LogP contribution in [0.4, 0.5) is 5.69 Å². The van der Waals surface area contributed by atoms with Crippen molar-refractivity contribution in [2.75, 3.05) is 11.9 Å². The molecule has 172 valence electrons. The molecule has 2 N–H and O–H groups in total. The first-order chi connectivity index (χ1) is 15.2. The van der Waals surface area contributed by atoms with Gasteiger partial charge in [-0.2, -0.15) is 0 Å². The third-order valence-electron chi connectivity index (χ3n) is 4.67. The molecule has 1 aliphatic heterocycles. The first-order valence-electron chi connectivity index (χ1n) is 9.76. The number of esters is 3. The fourth-order valence-corrected chi connectivity index (χ4v) is 3.48. The molecule has 5 atom stereocenters. The van der Waals surface area contributed by atoms with E-state index in [9.17, 15) is 24.3 Å². The Labute approximate surface area is 182 Å². The molecule has 2 aromatic rings. The van der Waals surface area contributed by atoms with Crippen molar-refractivity contribution < 1.29 is 42.9 Å². The highest BCUT2D eigenvalue weighted by atomic mass is 16.7. The van der Waals surface area contributed by atoms with Crippen molar-refractivity contribution in [2.45, 2.75) is 51.4 Å². The predicted molar refractivity (Wildman–Crippen MR) is 109 cm³/mol. The van der Waals surface area contributed by atoms with Gasteiger partial charge in [-0.3, -0.25) is 14.4 Å². The molecule has 11 nitrogen and oxygen atoms in total. The molecular weight excluding hydrogens is 426 g/mol. The maximum Gasteiger partial charge on any atom is 0.336 e. The van der Waals surface area contributed by atoms with Crippen molar-refractivity contribution >= 4 is 34.6 Å². The summed E-state index contributed by atoms with van der Waals surface area (Å²) in [6, 6.07) is 6.73. The van der Waals surface area contributed by atoms with Crippen LogP contribution in [0.15, 0.2) is 39.5 Å². The number of hydrogen-bond donors (Lipinski definition) is 2. The second-order valence-electron chi connectivity index (χ2n) is 7.16. The van der Waals surface area contributed by atoms with Crippen molar-refractivity contribution in [3.8, 4) is 0 Å². The molecule has 0 amide bonds. The Balaban J connectivity index is 2.02. The number of benzene rings is 1. The number of aliphatic hydroxyl groups is 1. The Kier molecular flexibility index (Phi) is 7.11. The summed E-state index contributed by atoms with van der Waals surface area (Å²) >= 11 is 0. The van der Waals surface area contributed by atoms with E-state index < -0.39 is 60.8 Å². The average Bonchev–Trinajstić information content (AvgIpc) is 2.70. The van der Waals surface area contributed by atoms with E-state index in [1.807, 2.05) is 0 Å². The van der Waals surface area contributed by atoms with E-state index in [1.54, 1.807) is 18.2 Å². The van der Waals surface area contributed by atoms with Crippen LogP contribution in [-0.2, 0) is 33.3 Å². The van der Waals surface area contributed by atoms with Crippen LogP contribution in [0.25, 0.3) is 11.0 Å². The minimum Gasteiger partial charge on any atom is -0.456 e. The van der Waals surface area contributed by atoms with Crippen molar-refractivity contribution in [1.29, 1.82) is 0 Å². The molecule has 1 aliphatic rings. The van der Waals surface area contributed by atoms with Gasteiger partial charge in [-0.25, -0.2) is 4.79 Å². The number of carbonyl (C=O) groups is 3. The van der Waals surface area contributed by atoms with Gasteiger partial charge < -0.3 is 33.8 Å². The molecule has 1 saturated heterocycles. The first-order valence-corrected chi connectivity index (χ1v) is 9.76. The number of rotatable bonds is 6. The molecule has 2 heterocycles. The van der Waals surface area contributed by atoms with E-state index >= 15 is 0 Å². The van der Waals surface area contributed by atoms with Crippen LogP contribution in [-0.4, -0.2) is 60.3 Å². The predicted octanol–water partition coefficient (Wildman–Crippen LogP) is 0.717. The van der Waals surface area contributed by atoms with Gasteiger partial charge in [0.2, 0.25) is 6.29 Å². The molecule has 4 unspecified atom stereocenters. The summed E-state index contributed by atoms with van der Waals surface area (Å²) in [4.78, 5) is 46.7. The quantitative estimate of drug-likeness (QED) is 0.365. The van der Waals surface area contributed by atoms with Crippen LogP contribution >= 0.6 is 0 Å². The lowest BCUT2D eigenvalue weighted by atomic mass is 9.95. The normalized spacial score (nSPS) is 25.1. The SMILES string of the molecule is CC(=O)OC1OC(CO)[C@H](OC(C)=O)C(OC(C)=O)C1Nc1ccc2ccc(=O)oc2c1. The van der Waals surface area contributed by atoms with Crippen LogP contribution < -0.4 is 10.9 Å². The zero-order valence-corrected chi connectivity index (χ0v) is 17.6. The van der Waals surface area contributed by atoms with Crippen LogP contribution in [0.3, 0.4) is 0 Å². The van der Waals surface area contributed by atoms with Crippen molar-refractivity contribution in [3.05, 3.63) is 40.8 Å². The standard InChI is InChI=1S/C21H23NO10/c1-10(24)28-19-16(9-23)32-21(30-12(3)26)18(20(19)29-11(2)25)22-14-6-4-13-5-7-17(27)31-15(13)8-14/h4-8,16,18-23H,9H2,1-3H3/t16?,18?,19-,20?,21?/m0/s1. The van der Waals surface area contributed by atoms with E-state index in [0.29, 0.717) is 11.1 Å². The molecular formula is C21H23NO10. The number of carbonyl (C=O) groups excluding carboxylic acids is 3. The zero-order chi connectivity index (χ0) is 23.4. The monoisotopic (exact) mass is 449 g/mol. The number of ether oxygens (including phenoxy) is 4. The van der Waals surface area contributed by atoms with E-state index in [0.717, 1.165) is 20.8 Å². The lowest BCUT2D eigenvalue weighted by Gasteiger charge is -2.44. The highest BCUT2D eigenvalue weighted by Gasteiger charge is 2.51. The molecule has 11 heteroatoms. The summed E-state index contributed by atoms with van der Waals surface area (Å²) in [6.45, 7) is 2.89. The summed E-state index contributed by atoms with van der Waals surface area (Å²) < 4.78 is 26.8. The van der Waals surface area contributed by atoms with Crippen LogP contribution in [0.2, 0.25) is 0 Å². The Morgan fingerprint density at radius 2 is 1.59 bits per heavy atom. The van der Waals surface area contributed by atoms with E-state index in [2.05, 4.69) is 5.32 Å². The molecule has 0 saturated carbocycles. The second kappa shape index (κ2) is 9.79. The Hall–Kier alpha value is -3.44. The number of fused-ring (bicyclic) bond motifs is 1. The van der Waals surface area contributed by atoms with Gasteiger partial charge >= 0.3 is 23.5 Å². The molecule has 0 radical (unpaired) electrons. The summed E-state index contributed by atoms with van der Waals surface area (Å²) in [5.41, 5.74) is 0.169. The highest BCUT2D eigenvalue weighted by molar-refractivity contribution is 5.80. The largest absolute Gasteiger partial charge is 0.456 e.